The summed E-state index contributed by atoms with van der Waals surface area (Å²) in [4.78, 5) is 27.3. The fraction of sp³-hybridized carbons (Fsp3) is 0.333. The zero-order chi connectivity index (χ0) is 19.2. The highest BCUT2D eigenvalue weighted by Gasteiger charge is 2.22. The maximum atomic E-state index is 12.4. The summed E-state index contributed by atoms with van der Waals surface area (Å²) in [6.45, 7) is 0.708. The second kappa shape index (κ2) is 8.58. The molecule has 0 aromatic heterocycles. The predicted molar refractivity (Wildman–Crippen MR) is 106 cm³/mol. The lowest BCUT2D eigenvalue weighted by Gasteiger charge is -2.26. The molecular formula is C21H25N3O3. The fourth-order valence-corrected chi connectivity index (χ4v) is 3.00. The second-order valence-corrected chi connectivity index (χ2v) is 6.72. The quantitative estimate of drug-likeness (QED) is 0.795. The fourth-order valence-electron chi connectivity index (χ4n) is 3.00. The van der Waals surface area contributed by atoms with E-state index in [1.54, 1.807) is 42.1 Å². The molecular weight excluding hydrogens is 342 g/mol. The lowest BCUT2D eigenvalue weighted by molar-refractivity contribution is -0.120. The van der Waals surface area contributed by atoms with Gasteiger partial charge in [0.1, 0.15) is 5.75 Å². The SMILES string of the molecule is CN(CCCCc1ccccc1)C(=O)Nc1ccc2c(c1)OCC(=O)N2C. The number of urea groups is 1. The van der Waals surface area contributed by atoms with Crippen molar-refractivity contribution in [3.8, 4) is 5.75 Å². The molecule has 1 N–H and O–H groups in total. The topological polar surface area (TPSA) is 61.9 Å². The molecule has 2 aromatic carbocycles. The van der Waals surface area contributed by atoms with E-state index in [1.807, 2.05) is 18.2 Å². The van der Waals surface area contributed by atoms with E-state index in [4.69, 9.17) is 4.74 Å². The lowest BCUT2D eigenvalue weighted by atomic mass is 10.1. The zero-order valence-corrected chi connectivity index (χ0v) is 15.8. The van der Waals surface area contributed by atoms with E-state index in [2.05, 4.69) is 17.4 Å². The summed E-state index contributed by atoms with van der Waals surface area (Å²) < 4.78 is 5.45. The van der Waals surface area contributed by atoms with Crippen LogP contribution in [0.4, 0.5) is 16.2 Å². The first-order valence-corrected chi connectivity index (χ1v) is 9.14. The Morgan fingerprint density at radius 3 is 2.74 bits per heavy atom. The van der Waals surface area contributed by atoms with Crippen LogP contribution in [0.3, 0.4) is 0 Å². The number of fused-ring (bicyclic) bond motifs is 1. The minimum absolute atomic E-state index is 0.0161. The Morgan fingerprint density at radius 1 is 1.19 bits per heavy atom. The number of ether oxygens (including phenoxy) is 1. The molecule has 6 heteroatoms. The number of benzene rings is 2. The van der Waals surface area contributed by atoms with Crippen LogP contribution in [0.5, 0.6) is 5.75 Å². The van der Waals surface area contributed by atoms with Crippen molar-refractivity contribution in [1.29, 1.82) is 0 Å². The summed E-state index contributed by atoms with van der Waals surface area (Å²) in [6.07, 6.45) is 3.00. The summed E-state index contributed by atoms with van der Waals surface area (Å²) >= 11 is 0. The summed E-state index contributed by atoms with van der Waals surface area (Å²) in [6, 6.07) is 15.5. The van der Waals surface area contributed by atoms with Crippen molar-refractivity contribution in [3.05, 3.63) is 54.1 Å². The van der Waals surface area contributed by atoms with Crippen molar-refractivity contribution >= 4 is 23.3 Å². The predicted octanol–water partition coefficient (Wildman–Crippen LogP) is 3.53. The molecule has 1 aliphatic heterocycles. The van der Waals surface area contributed by atoms with Gasteiger partial charge in [0.2, 0.25) is 0 Å². The molecule has 6 nitrogen and oxygen atoms in total. The summed E-state index contributed by atoms with van der Waals surface area (Å²) in [5.74, 6) is 0.509. The van der Waals surface area contributed by atoms with Crippen molar-refractivity contribution < 1.29 is 14.3 Å². The largest absolute Gasteiger partial charge is 0.481 e. The van der Waals surface area contributed by atoms with E-state index in [0.29, 0.717) is 23.7 Å². The van der Waals surface area contributed by atoms with Crippen LogP contribution < -0.4 is 15.0 Å². The monoisotopic (exact) mass is 367 g/mol. The van der Waals surface area contributed by atoms with Crippen molar-refractivity contribution in [1.82, 2.24) is 4.90 Å². The molecule has 0 fully saturated rings. The Labute approximate surface area is 159 Å². The molecule has 3 rings (SSSR count). The maximum absolute atomic E-state index is 12.4. The molecule has 142 valence electrons. The summed E-state index contributed by atoms with van der Waals surface area (Å²) in [5.41, 5.74) is 2.68. The van der Waals surface area contributed by atoms with Crippen LogP contribution in [-0.2, 0) is 11.2 Å². The van der Waals surface area contributed by atoms with Gasteiger partial charge in [-0.2, -0.15) is 0 Å². The number of carbonyl (C=O) groups excluding carboxylic acids is 2. The molecule has 0 saturated heterocycles. The third kappa shape index (κ3) is 4.78. The molecule has 0 unspecified atom stereocenters. The molecule has 0 saturated carbocycles. The lowest BCUT2D eigenvalue weighted by Crippen LogP contribution is -2.35. The van der Waals surface area contributed by atoms with Gasteiger partial charge in [-0.05, 0) is 37.0 Å². The molecule has 1 aliphatic rings. The van der Waals surface area contributed by atoms with E-state index in [-0.39, 0.29) is 18.5 Å². The zero-order valence-electron chi connectivity index (χ0n) is 15.8. The van der Waals surface area contributed by atoms with E-state index in [0.717, 1.165) is 19.3 Å². The number of nitrogens with zero attached hydrogens (tertiary/aromatic N) is 2. The number of hydrogen-bond acceptors (Lipinski definition) is 3. The highest BCUT2D eigenvalue weighted by molar-refractivity contribution is 5.98. The molecule has 0 bridgehead atoms. The van der Waals surface area contributed by atoms with Crippen LogP contribution >= 0.6 is 0 Å². The molecule has 0 spiro atoms. The van der Waals surface area contributed by atoms with Crippen molar-refractivity contribution in [2.45, 2.75) is 19.3 Å². The van der Waals surface area contributed by atoms with Gasteiger partial charge in [0.15, 0.2) is 6.61 Å². The molecule has 1 heterocycles. The number of carbonyl (C=O) groups is 2. The van der Waals surface area contributed by atoms with Crippen LogP contribution in [0.1, 0.15) is 18.4 Å². The van der Waals surface area contributed by atoms with Crippen LogP contribution in [0.25, 0.3) is 0 Å². The van der Waals surface area contributed by atoms with Crippen molar-refractivity contribution in [2.24, 2.45) is 0 Å². The van der Waals surface area contributed by atoms with Crippen molar-refractivity contribution in [3.63, 3.8) is 0 Å². The second-order valence-electron chi connectivity index (χ2n) is 6.72. The first-order valence-electron chi connectivity index (χ1n) is 9.14. The summed E-state index contributed by atoms with van der Waals surface area (Å²) in [7, 11) is 3.50. The number of anilines is 2. The highest BCUT2D eigenvalue weighted by Crippen LogP contribution is 2.33. The highest BCUT2D eigenvalue weighted by atomic mass is 16.5. The van der Waals surface area contributed by atoms with Gasteiger partial charge in [-0.1, -0.05) is 30.3 Å². The Kier molecular flexibility index (Phi) is 5.96. The van der Waals surface area contributed by atoms with E-state index in [1.165, 1.54) is 5.56 Å². The molecule has 0 aliphatic carbocycles. The van der Waals surface area contributed by atoms with Crippen LogP contribution in [0.15, 0.2) is 48.5 Å². The first kappa shape index (κ1) is 18.8. The number of amides is 3. The smallest absolute Gasteiger partial charge is 0.321 e. The number of likely N-dealkylation sites (N-methyl/N-ethyl adjacent to an activating group) is 1. The van der Waals surface area contributed by atoms with Gasteiger partial charge in [-0.25, -0.2) is 4.79 Å². The van der Waals surface area contributed by atoms with Gasteiger partial charge in [-0.15, -0.1) is 0 Å². The number of aryl methyl sites for hydroxylation is 1. The molecule has 27 heavy (non-hydrogen) atoms. The Hall–Kier alpha value is -3.02. The van der Waals surface area contributed by atoms with Gasteiger partial charge >= 0.3 is 6.03 Å². The third-order valence-corrected chi connectivity index (χ3v) is 4.70. The van der Waals surface area contributed by atoms with Gasteiger partial charge < -0.3 is 19.9 Å². The number of unbranched alkanes of at least 4 members (excludes halogenated alkanes) is 1. The Bertz CT molecular complexity index is 808. The molecule has 0 atom stereocenters. The van der Waals surface area contributed by atoms with E-state index < -0.39 is 0 Å². The number of nitrogens with one attached hydrogen (secondary N) is 1. The van der Waals surface area contributed by atoms with Gasteiger partial charge in [0, 0.05) is 32.4 Å². The average molecular weight is 367 g/mol. The number of hydrogen-bond donors (Lipinski definition) is 1. The molecule has 0 radical (unpaired) electrons. The maximum Gasteiger partial charge on any atom is 0.321 e. The molecule has 3 amide bonds. The van der Waals surface area contributed by atoms with Crippen LogP contribution in [0, 0.1) is 0 Å². The summed E-state index contributed by atoms with van der Waals surface area (Å²) in [5, 5.41) is 2.88. The molecule has 2 aromatic rings. The van der Waals surface area contributed by atoms with E-state index >= 15 is 0 Å². The number of rotatable bonds is 6. The van der Waals surface area contributed by atoms with E-state index in [9.17, 15) is 9.59 Å². The van der Waals surface area contributed by atoms with Gasteiger partial charge in [0.25, 0.3) is 5.91 Å². The normalized spacial score (nSPS) is 13.0. The van der Waals surface area contributed by atoms with Crippen molar-refractivity contribution in [2.75, 3.05) is 37.5 Å². The van der Waals surface area contributed by atoms with Crippen LogP contribution in [-0.4, -0.2) is 44.1 Å². The third-order valence-electron chi connectivity index (χ3n) is 4.70. The van der Waals surface area contributed by atoms with Gasteiger partial charge in [0.05, 0.1) is 5.69 Å². The minimum Gasteiger partial charge on any atom is -0.481 e. The van der Waals surface area contributed by atoms with Crippen LogP contribution in [0.2, 0.25) is 0 Å². The van der Waals surface area contributed by atoms with Gasteiger partial charge in [-0.3, -0.25) is 4.79 Å². The standard InChI is InChI=1S/C21H25N3O3/c1-23(13-7-6-10-16-8-4-3-5-9-16)21(26)22-17-11-12-18-19(14-17)27-15-20(25)24(18)2/h3-5,8-9,11-12,14H,6-7,10,13,15H2,1-2H3,(H,22,26). The Balaban J connectivity index is 1.47. The average Bonchev–Trinajstić information content (AvgIpc) is 2.69. The minimum atomic E-state index is -0.157. The first-order chi connectivity index (χ1) is 13.0. The Morgan fingerprint density at radius 2 is 1.96 bits per heavy atom.